The number of halogens is 1. The summed E-state index contributed by atoms with van der Waals surface area (Å²) in [6.45, 7) is 0.697. The largest absolute Gasteiger partial charge is 0.354 e. The van der Waals surface area contributed by atoms with Crippen LogP contribution in [0.5, 0.6) is 0 Å². The predicted molar refractivity (Wildman–Crippen MR) is 89.4 cm³/mol. The Kier molecular flexibility index (Phi) is 5.68. The van der Waals surface area contributed by atoms with Crippen LogP contribution >= 0.6 is 12.4 Å². The number of nitrogens with two attached hydrogens (primary N) is 1. The molecule has 0 bridgehead atoms. The Morgan fingerprint density at radius 2 is 2.13 bits per heavy atom. The van der Waals surface area contributed by atoms with E-state index in [1.807, 2.05) is 0 Å². The summed E-state index contributed by atoms with van der Waals surface area (Å²) in [5.41, 5.74) is 6.26. The summed E-state index contributed by atoms with van der Waals surface area (Å²) < 4.78 is 1.22. The van der Waals surface area contributed by atoms with Crippen LogP contribution in [0, 0.1) is 5.92 Å². The molecule has 7 nitrogen and oxygen atoms in total. The number of amides is 1. The summed E-state index contributed by atoms with van der Waals surface area (Å²) >= 11 is 0. The summed E-state index contributed by atoms with van der Waals surface area (Å²) in [6, 6.07) is 7.06. The molecule has 2 aromatic rings. The van der Waals surface area contributed by atoms with Crippen LogP contribution in [-0.4, -0.2) is 33.5 Å². The molecule has 23 heavy (non-hydrogen) atoms. The molecule has 0 radical (unpaired) electrons. The Morgan fingerprint density at radius 3 is 2.87 bits per heavy atom. The third-order valence-electron chi connectivity index (χ3n) is 3.94. The van der Waals surface area contributed by atoms with Gasteiger partial charge in [0.25, 0.3) is 5.56 Å². The van der Waals surface area contributed by atoms with Crippen molar-refractivity contribution in [2.24, 2.45) is 11.7 Å². The number of nitrogens with zero attached hydrogens (tertiary/aromatic N) is 3. The molecule has 124 valence electrons. The van der Waals surface area contributed by atoms with E-state index in [1.54, 1.807) is 24.3 Å². The van der Waals surface area contributed by atoms with Gasteiger partial charge in [0.05, 0.1) is 11.9 Å². The topological polar surface area (TPSA) is 103 Å². The van der Waals surface area contributed by atoms with Crippen LogP contribution in [0.3, 0.4) is 0 Å². The van der Waals surface area contributed by atoms with E-state index >= 15 is 0 Å². The van der Waals surface area contributed by atoms with Gasteiger partial charge in [-0.25, -0.2) is 4.68 Å². The van der Waals surface area contributed by atoms with Gasteiger partial charge >= 0.3 is 0 Å². The molecule has 0 aliphatic heterocycles. The highest BCUT2D eigenvalue weighted by Gasteiger charge is 2.28. The van der Waals surface area contributed by atoms with Gasteiger partial charge in [-0.05, 0) is 30.9 Å². The van der Waals surface area contributed by atoms with Crippen LogP contribution in [0.25, 0.3) is 10.9 Å². The number of hydrogen-bond acceptors (Lipinski definition) is 5. The van der Waals surface area contributed by atoms with Gasteiger partial charge in [0.15, 0.2) is 0 Å². The minimum absolute atomic E-state index is 0. The molecule has 0 saturated heterocycles. The molecular formula is C15H20ClN5O2. The minimum Gasteiger partial charge on any atom is -0.354 e. The van der Waals surface area contributed by atoms with Gasteiger partial charge in [0, 0.05) is 19.0 Å². The van der Waals surface area contributed by atoms with E-state index in [1.165, 1.54) is 4.68 Å². The maximum Gasteiger partial charge on any atom is 0.277 e. The molecule has 1 aliphatic rings. The highest BCUT2D eigenvalue weighted by molar-refractivity contribution is 5.85. The fourth-order valence-corrected chi connectivity index (χ4v) is 2.39. The predicted octanol–water partition coefficient (Wildman–Crippen LogP) is 0.457. The van der Waals surface area contributed by atoms with Crippen LogP contribution in [0.15, 0.2) is 29.1 Å². The Labute approximate surface area is 139 Å². The molecule has 1 atom stereocenters. The normalized spacial score (nSPS) is 15.0. The molecule has 1 saturated carbocycles. The molecule has 3 N–H and O–H groups in total. The number of benzene rings is 1. The second-order valence-electron chi connectivity index (χ2n) is 5.69. The van der Waals surface area contributed by atoms with Gasteiger partial charge in [-0.15, -0.1) is 17.5 Å². The SMILES string of the molecule is Cl.NC(CNC(=O)CCn1nnc2ccccc2c1=O)C1CC1. The van der Waals surface area contributed by atoms with Crippen molar-refractivity contribution < 1.29 is 4.79 Å². The quantitative estimate of drug-likeness (QED) is 0.797. The zero-order chi connectivity index (χ0) is 15.5. The zero-order valence-electron chi connectivity index (χ0n) is 12.6. The first-order chi connectivity index (χ1) is 10.6. The minimum atomic E-state index is -0.229. The van der Waals surface area contributed by atoms with Crippen molar-refractivity contribution in [3.63, 3.8) is 0 Å². The number of carbonyl (C=O) groups excluding carboxylic acids is 1. The third kappa shape index (κ3) is 4.27. The molecule has 8 heteroatoms. The van der Waals surface area contributed by atoms with Crippen molar-refractivity contribution in [1.29, 1.82) is 0 Å². The number of hydrogen-bond donors (Lipinski definition) is 2. The van der Waals surface area contributed by atoms with Crippen molar-refractivity contribution in [2.75, 3.05) is 6.54 Å². The van der Waals surface area contributed by atoms with E-state index in [0.717, 1.165) is 12.8 Å². The lowest BCUT2D eigenvalue weighted by Crippen LogP contribution is -2.39. The fraction of sp³-hybridized carbons (Fsp3) is 0.467. The molecule has 0 spiro atoms. The molecule has 3 rings (SSSR count). The Balaban J connectivity index is 0.00000192. The summed E-state index contributed by atoms with van der Waals surface area (Å²) in [5.74, 6) is 0.423. The van der Waals surface area contributed by atoms with Crippen molar-refractivity contribution in [1.82, 2.24) is 20.3 Å². The first-order valence-electron chi connectivity index (χ1n) is 7.50. The zero-order valence-corrected chi connectivity index (χ0v) is 13.5. The lowest BCUT2D eigenvalue weighted by atomic mass is 10.2. The van der Waals surface area contributed by atoms with Gasteiger partial charge in [-0.3, -0.25) is 9.59 Å². The number of aromatic nitrogens is 3. The molecule has 1 fully saturated rings. The highest BCUT2D eigenvalue weighted by Crippen LogP contribution is 2.31. The number of carbonyl (C=O) groups is 1. The first kappa shape index (κ1) is 17.4. The van der Waals surface area contributed by atoms with Gasteiger partial charge in [0.1, 0.15) is 5.52 Å². The van der Waals surface area contributed by atoms with Gasteiger partial charge < -0.3 is 11.1 Å². The molecule has 1 heterocycles. The Morgan fingerprint density at radius 1 is 1.39 bits per heavy atom. The van der Waals surface area contributed by atoms with Crippen LogP contribution in [-0.2, 0) is 11.3 Å². The highest BCUT2D eigenvalue weighted by atomic mass is 35.5. The average molecular weight is 338 g/mol. The molecular weight excluding hydrogens is 318 g/mol. The van der Waals surface area contributed by atoms with Crippen molar-refractivity contribution >= 4 is 29.2 Å². The van der Waals surface area contributed by atoms with Crippen molar-refractivity contribution in [3.05, 3.63) is 34.6 Å². The van der Waals surface area contributed by atoms with E-state index < -0.39 is 0 Å². The van der Waals surface area contributed by atoms with Gasteiger partial charge in [0.2, 0.25) is 5.91 Å². The number of rotatable bonds is 6. The Hall–Kier alpha value is -1.99. The maximum absolute atomic E-state index is 12.2. The molecule has 1 unspecified atom stereocenters. The number of fused-ring (bicyclic) bond motifs is 1. The first-order valence-corrected chi connectivity index (χ1v) is 7.50. The summed E-state index contributed by atoms with van der Waals surface area (Å²) in [6.07, 6.45) is 2.49. The molecule has 1 aromatic carbocycles. The average Bonchev–Trinajstić information content (AvgIpc) is 3.37. The van der Waals surface area contributed by atoms with Crippen molar-refractivity contribution in [2.45, 2.75) is 31.8 Å². The smallest absolute Gasteiger partial charge is 0.277 e. The maximum atomic E-state index is 12.2. The van der Waals surface area contributed by atoms with E-state index in [0.29, 0.717) is 23.4 Å². The second kappa shape index (κ2) is 7.52. The lowest BCUT2D eigenvalue weighted by molar-refractivity contribution is -0.121. The Bertz CT molecular complexity index is 744. The van der Waals surface area contributed by atoms with Crippen LogP contribution in [0.1, 0.15) is 19.3 Å². The standard InChI is InChI=1S/C15H19N5O2.ClH/c16-12(10-5-6-10)9-17-14(21)7-8-20-15(22)11-3-1-2-4-13(11)18-19-20;/h1-4,10,12H,5-9,16H2,(H,17,21);1H. The summed E-state index contributed by atoms with van der Waals surface area (Å²) in [5, 5.41) is 11.2. The van der Waals surface area contributed by atoms with Crippen LogP contribution in [0.4, 0.5) is 0 Å². The number of aryl methyl sites for hydroxylation is 1. The van der Waals surface area contributed by atoms with E-state index in [9.17, 15) is 9.59 Å². The number of nitrogens with one attached hydrogen (secondary N) is 1. The monoisotopic (exact) mass is 337 g/mol. The van der Waals surface area contributed by atoms with Crippen LogP contribution < -0.4 is 16.6 Å². The van der Waals surface area contributed by atoms with E-state index in [2.05, 4.69) is 15.6 Å². The molecule has 1 amide bonds. The van der Waals surface area contributed by atoms with Gasteiger partial charge in [-0.1, -0.05) is 17.3 Å². The molecule has 1 aliphatic carbocycles. The second-order valence-corrected chi connectivity index (χ2v) is 5.69. The van der Waals surface area contributed by atoms with E-state index in [-0.39, 0.29) is 42.9 Å². The molecule has 1 aromatic heterocycles. The fourth-order valence-electron chi connectivity index (χ4n) is 2.39. The van der Waals surface area contributed by atoms with E-state index in [4.69, 9.17) is 5.73 Å². The lowest BCUT2D eigenvalue weighted by Gasteiger charge is -2.11. The van der Waals surface area contributed by atoms with Crippen molar-refractivity contribution in [3.8, 4) is 0 Å². The summed E-state index contributed by atoms with van der Waals surface area (Å²) in [4.78, 5) is 24.0. The van der Waals surface area contributed by atoms with Gasteiger partial charge in [-0.2, -0.15) is 0 Å². The van der Waals surface area contributed by atoms with Crippen LogP contribution in [0.2, 0.25) is 0 Å². The third-order valence-corrected chi connectivity index (χ3v) is 3.94. The summed E-state index contributed by atoms with van der Waals surface area (Å²) in [7, 11) is 0.